The molecule has 2 aliphatic rings. The first-order chi connectivity index (χ1) is 19.4. The zero-order valence-electron chi connectivity index (χ0n) is 21.4. The van der Waals surface area contributed by atoms with E-state index in [-0.39, 0.29) is 30.4 Å². The van der Waals surface area contributed by atoms with Gasteiger partial charge in [-0.25, -0.2) is 9.59 Å². The van der Waals surface area contributed by atoms with Gasteiger partial charge in [0.25, 0.3) is 5.91 Å². The Bertz CT molecular complexity index is 1390. The van der Waals surface area contributed by atoms with Gasteiger partial charge in [-0.2, -0.15) is 0 Å². The number of carboxylic acid groups (broad SMARTS) is 1. The van der Waals surface area contributed by atoms with E-state index in [1.807, 2.05) is 91.0 Å². The lowest BCUT2D eigenvalue weighted by Crippen LogP contribution is -2.70. The Morgan fingerprint density at radius 3 is 2.08 bits per heavy atom. The lowest BCUT2D eigenvalue weighted by Gasteiger charge is -2.49. The number of hydrogen-bond donors (Lipinski definition) is 3. The first-order valence-electron chi connectivity index (χ1n) is 12.7. The number of rotatable bonds is 9. The first-order valence-corrected chi connectivity index (χ1v) is 13.7. The number of hydrogen-bond acceptors (Lipinski definition) is 6. The zero-order chi connectivity index (χ0) is 28.1. The average molecular weight is 558 g/mol. The molecule has 5 rings (SSSR count). The highest BCUT2D eigenvalue weighted by atomic mass is 32.2. The molecule has 1 fully saturated rings. The summed E-state index contributed by atoms with van der Waals surface area (Å²) in [6.45, 7) is -0.293. The molecular formula is C30H27N3O6S. The molecule has 3 aromatic carbocycles. The minimum absolute atomic E-state index is 0.116. The van der Waals surface area contributed by atoms with Gasteiger partial charge in [0.1, 0.15) is 23.7 Å². The predicted octanol–water partition coefficient (Wildman–Crippen LogP) is 3.48. The summed E-state index contributed by atoms with van der Waals surface area (Å²) in [5.41, 5.74) is 2.63. The Morgan fingerprint density at radius 1 is 0.925 bits per heavy atom. The van der Waals surface area contributed by atoms with E-state index in [9.17, 15) is 24.3 Å². The quantitative estimate of drug-likeness (QED) is 0.344. The standard InChI is InChI=1S/C30H27N3O6S/c34-23(16-19-10-4-1-5-11-19)31-25-27(35)33-26(29(36)37)22(18-40-28(25)33)17-39-30(38)32-24(20-12-6-2-7-13-20)21-14-8-3-9-15-21/h1-15,24-25,28H,16-18H2,(H,31,34)(H,32,38)(H,36,37)/t25?,28-/m0/s1. The second-order valence-corrected chi connectivity index (χ2v) is 10.5. The van der Waals surface area contributed by atoms with E-state index in [1.165, 1.54) is 11.8 Å². The number of alkyl carbamates (subject to hydrolysis) is 1. The number of benzene rings is 3. The average Bonchev–Trinajstić information content (AvgIpc) is 2.98. The molecule has 0 aromatic heterocycles. The van der Waals surface area contributed by atoms with Crippen molar-refractivity contribution in [3.63, 3.8) is 0 Å². The van der Waals surface area contributed by atoms with E-state index in [2.05, 4.69) is 10.6 Å². The molecule has 40 heavy (non-hydrogen) atoms. The molecule has 3 amide bonds. The van der Waals surface area contributed by atoms with Gasteiger partial charge >= 0.3 is 12.1 Å². The summed E-state index contributed by atoms with van der Waals surface area (Å²) in [5.74, 6) is -1.89. The molecule has 0 bridgehead atoms. The molecule has 2 heterocycles. The number of carboxylic acids is 1. The fourth-order valence-electron chi connectivity index (χ4n) is 4.76. The van der Waals surface area contributed by atoms with Gasteiger partial charge in [0, 0.05) is 11.3 Å². The van der Waals surface area contributed by atoms with Gasteiger partial charge in [0.2, 0.25) is 5.91 Å². The predicted molar refractivity (Wildman–Crippen MR) is 149 cm³/mol. The van der Waals surface area contributed by atoms with E-state index < -0.39 is 35.4 Å². The molecule has 10 heteroatoms. The third-order valence-corrected chi connectivity index (χ3v) is 8.02. The van der Waals surface area contributed by atoms with Crippen molar-refractivity contribution in [3.05, 3.63) is 119 Å². The second kappa shape index (κ2) is 12.1. The number of fused-ring (bicyclic) bond motifs is 1. The van der Waals surface area contributed by atoms with Crippen LogP contribution < -0.4 is 10.6 Å². The Morgan fingerprint density at radius 2 is 1.50 bits per heavy atom. The first kappa shape index (κ1) is 27.0. The van der Waals surface area contributed by atoms with Gasteiger partial charge in [0.05, 0.1) is 12.5 Å². The van der Waals surface area contributed by atoms with Crippen LogP contribution in [0.4, 0.5) is 4.79 Å². The van der Waals surface area contributed by atoms with Crippen molar-refractivity contribution in [2.24, 2.45) is 0 Å². The SMILES string of the molecule is O=C(Cc1ccccc1)NC1C(=O)N2C(C(=O)O)=C(COC(=O)NC(c3ccccc3)c3ccccc3)CS[C@@H]12. The van der Waals surface area contributed by atoms with Gasteiger partial charge in [-0.3, -0.25) is 14.5 Å². The van der Waals surface area contributed by atoms with Gasteiger partial charge in [-0.1, -0.05) is 91.0 Å². The summed E-state index contributed by atoms with van der Waals surface area (Å²) in [7, 11) is 0. The summed E-state index contributed by atoms with van der Waals surface area (Å²) in [5, 5.41) is 15.0. The molecule has 3 N–H and O–H groups in total. The highest BCUT2D eigenvalue weighted by Crippen LogP contribution is 2.40. The molecule has 0 spiro atoms. The van der Waals surface area contributed by atoms with Crippen LogP contribution in [0.3, 0.4) is 0 Å². The normalized spacial score (nSPS) is 18.0. The highest BCUT2D eigenvalue weighted by molar-refractivity contribution is 8.00. The van der Waals surface area contributed by atoms with Crippen molar-refractivity contribution in [1.29, 1.82) is 0 Å². The molecule has 2 aliphatic heterocycles. The third-order valence-electron chi connectivity index (χ3n) is 6.68. The summed E-state index contributed by atoms with van der Waals surface area (Å²) in [4.78, 5) is 51.6. The maximum Gasteiger partial charge on any atom is 0.408 e. The largest absolute Gasteiger partial charge is 0.477 e. The van der Waals surface area contributed by atoms with Crippen molar-refractivity contribution in [3.8, 4) is 0 Å². The van der Waals surface area contributed by atoms with Crippen LogP contribution in [0.5, 0.6) is 0 Å². The number of amides is 3. The maximum absolute atomic E-state index is 12.9. The Kier molecular flexibility index (Phi) is 8.16. The molecule has 1 unspecified atom stereocenters. The van der Waals surface area contributed by atoms with Gasteiger partial charge in [-0.15, -0.1) is 11.8 Å². The molecule has 0 aliphatic carbocycles. The van der Waals surface area contributed by atoms with Crippen molar-refractivity contribution in [1.82, 2.24) is 15.5 Å². The Balaban J connectivity index is 1.24. The number of nitrogens with one attached hydrogen (secondary N) is 2. The molecule has 2 atom stereocenters. The van der Waals surface area contributed by atoms with Crippen LogP contribution >= 0.6 is 11.8 Å². The summed E-state index contributed by atoms with van der Waals surface area (Å²) in [6, 6.07) is 26.7. The molecule has 3 aromatic rings. The number of carbonyl (C=O) groups excluding carboxylic acids is 3. The van der Waals surface area contributed by atoms with Crippen LogP contribution in [0.2, 0.25) is 0 Å². The van der Waals surface area contributed by atoms with E-state index in [1.54, 1.807) is 0 Å². The van der Waals surface area contributed by atoms with Crippen molar-refractivity contribution in [2.45, 2.75) is 23.9 Å². The molecule has 9 nitrogen and oxygen atoms in total. The van der Waals surface area contributed by atoms with E-state index >= 15 is 0 Å². The van der Waals surface area contributed by atoms with Crippen molar-refractivity contribution < 1.29 is 29.0 Å². The molecular weight excluding hydrogens is 530 g/mol. The zero-order valence-corrected chi connectivity index (χ0v) is 22.2. The smallest absolute Gasteiger partial charge is 0.408 e. The molecule has 0 saturated carbocycles. The number of carbonyl (C=O) groups is 4. The van der Waals surface area contributed by atoms with Crippen molar-refractivity contribution >= 4 is 35.6 Å². The monoisotopic (exact) mass is 557 g/mol. The summed E-state index contributed by atoms with van der Waals surface area (Å²) in [6.07, 6.45) is -0.604. The number of aliphatic carboxylic acids is 1. The maximum atomic E-state index is 12.9. The van der Waals surface area contributed by atoms with Crippen LogP contribution in [0.15, 0.2) is 102 Å². The summed E-state index contributed by atoms with van der Waals surface area (Å²) >= 11 is 1.32. The highest BCUT2D eigenvalue weighted by Gasteiger charge is 2.54. The van der Waals surface area contributed by atoms with Crippen LogP contribution in [0.25, 0.3) is 0 Å². The fraction of sp³-hybridized carbons (Fsp3) is 0.200. The van der Waals surface area contributed by atoms with Crippen LogP contribution in [0, 0.1) is 0 Å². The molecule has 204 valence electrons. The Labute approximate surface area is 235 Å². The number of β-lactam (4-membered cyclic amide) rings is 1. The van der Waals surface area contributed by atoms with Crippen LogP contribution in [-0.2, 0) is 25.5 Å². The van der Waals surface area contributed by atoms with E-state index in [0.29, 0.717) is 5.57 Å². The van der Waals surface area contributed by atoms with Gasteiger partial charge in [0.15, 0.2) is 0 Å². The molecule has 0 radical (unpaired) electrons. The minimum atomic E-state index is -1.29. The Hall–Kier alpha value is -4.57. The lowest BCUT2D eigenvalue weighted by molar-refractivity contribution is -0.150. The fourth-order valence-corrected chi connectivity index (χ4v) is 6.09. The summed E-state index contributed by atoms with van der Waals surface area (Å²) < 4.78 is 5.44. The van der Waals surface area contributed by atoms with Gasteiger partial charge in [-0.05, 0) is 16.7 Å². The minimum Gasteiger partial charge on any atom is -0.477 e. The van der Waals surface area contributed by atoms with Gasteiger partial charge < -0.3 is 20.5 Å². The number of nitrogens with zero attached hydrogens (tertiary/aromatic N) is 1. The van der Waals surface area contributed by atoms with Crippen LogP contribution in [-0.4, -0.2) is 57.7 Å². The van der Waals surface area contributed by atoms with E-state index in [4.69, 9.17) is 4.74 Å². The van der Waals surface area contributed by atoms with E-state index in [0.717, 1.165) is 21.6 Å². The van der Waals surface area contributed by atoms with Crippen LogP contribution in [0.1, 0.15) is 22.7 Å². The lowest BCUT2D eigenvalue weighted by atomic mass is 9.99. The third kappa shape index (κ3) is 5.86. The molecule has 1 saturated heterocycles. The second-order valence-electron chi connectivity index (χ2n) is 9.35. The number of thioether (sulfide) groups is 1. The van der Waals surface area contributed by atoms with Crippen molar-refractivity contribution in [2.75, 3.05) is 12.4 Å². The topological polar surface area (TPSA) is 125 Å². The number of ether oxygens (including phenoxy) is 1.